The molecule has 0 unspecified atom stereocenters. The van der Waals surface area contributed by atoms with Gasteiger partial charge in [-0.3, -0.25) is 10.1 Å². The molecule has 26 heavy (non-hydrogen) atoms. The number of para-hydroxylation sites is 1. The number of amides is 1. The Bertz CT molecular complexity index is 888. The Balaban J connectivity index is 1.64. The molecule has 2 aromatic carbocycles. The molecule has 0 bridgehead atoms. The maximum atomic E-state index is 12.2. The van der Waals surface area contributed by atoms with Crippen LogP contribution in [0.25, 0.3) is 17.3 Å². The summed E-state index contributed by atoms with van der Waals surface area (Å²) in [5.41, 5.74) is 2.76. The van der Waals surface area contributed by atoms with Crippen molar-refractivity contribution >= 4 is 28.5 Å². The summed E-state index contributed by atoms with van der Waals surface area (Å²) in [6.07, 6.45) is 4.19. The third-order valence-corrected chi connectivity index (χ3v) is 4.36. The first-order chi connectivity index (χ1) is 12.8. The minimum absolute atomic E-state index is 0.218. The number of benzene rings is 2. The minimum Gasteiger partial charge on any atom is -0.493 e. The molecular weight excluding hydrogens is 344 g/mol. The van der Waals surface area contributed by atoms with Gasteiger partial charge in [-0.15, -0.1) is 11.3 Å². The van der Waals surface area contributed by atoms with E-state index in [1.807, 2.05) is 60.0 Å². The Hall–Kier alpha value is -2.92. The zero-order valence-corrected chi connectivity index (χ0v) is 15.3. The molecule has 3 rings (SSSR count). The van der Waals surface area contributed by atoms with Crippen LogP contribution in [0.3, 0.4) is 0 Å². The average Bonchev–Trinajstić information content (AvgIpc) is 3.14. The minimum atomic E-state index is -0.218. The van der Waals surface area contributed by atoms with Crippen LogP contribution in [0.4, 0.5) is 5.13 Å². The molecule has 0 fully saturated rings. The number of hydrogen-bond donors (Lipinski definition) is 1. The normalized spacial score (nSPS) is 10.8. The van der Waals surface area contributed by atoms with Gasteiger partial charge in [-0.25, -0.2) is 4.98 Å². The van der Waals surface area contributed by atoms with E-state index in [4.69, 9.17) is 4.74 Å². The summed E-state index contributed by atoms with van der Waals surface area (Å²) in [7, 11) is 0. The second-order valence-corrected chi connectivity index (χ2v) is 6.47. The van der Waals surface area contributed by atoms with Gasteiger partial charge < -0.3 is 4.74 Å². The number of carbonyl (C=O) groups is 1. The number of carbonyl (C=O) groups excluding carboxylic acids is 1. The third-order valence-electron chi connectivity index (χ3n) is 3.60. The van der Waals surface area contributed by atoms with E-state index in [1.165, 1.54) is 17.4 Å². The first kappa shape index (κ1) is 17.9. The number of thiazole rings is 1. The quantitative estimate of drug-likeness (QED) is 0.583. The summed E-state index contributed by atoms with van der Waals surface area (Å²) < 4.78 is 5.70. The maximum absolute atomic E-state index is 12.2. The van der Waals surface area contributed by atoms with Crippen molar-refractivity contribution < 1.29 is 9.53 Å². The number of hydrogen-bond acceptors (Lipinski definition) is 4. The molecule has 0 aliphatic carbocycles. The highest BCUT2D eigenvalue weighted by molar-refractivity contribution is 7.14. The second kappa shape index (κ2) is 8.97. The SMILES string of the molecule is CCCOc1ccccc1C=CC(=O)Nc1nc(-c2ccccc2)cs1. The lowest BCUT2D eigenvalue weighted by Gasteiger charge is -2.07. The lowest BCUT2D eigenvalue weighted by atomic mass is 10.2. The molecule has 1 N–H and O–H groups in total. The molecule has 0 atom stereocenters. The topological polar surface area (TPSA) is 51.2 Å². The van der Waals surface area contributed by atoms with Crippen molar-refractivity contribution in [3.8, 4) is 17.0 Å². The number of rotatable bonds is 7. The molecule has 1 amide bonds. The van der Waals surface area contributed by atoms with Crippen LogP contribution >= 0.6 is 11.3 Å². The van der Waals surface area contributed by atoms with Crippen molar-refractivity contribution in [2.24, 2.45) is 0 Å². The Morgan fingerprint density at radius 3 is 2.73 bits per heavy atom. The number of aromatic nitrogens is 1. The monoisotopic (exact) mass is 364 g/mol. The summed E-state index contributed by atoms with van der Waals surface area (Å²) >= 11 is 1.41. The maximum Gasteiger partial charge on any atom is 0.250 e. The highest BCUT2D eigenvalue weighted by Gasteiger charge is 2.06. The predicted octanol–water partition coefficient (Wildman–Crippen LogP) is 5.25. The van der Waals surface area contributed by atoms with Crippen molar-refractivity contribution in [2.75, 3.05) is 11.9 Å². The molecule has 3 aromatic rings. The van der Waals surface area contributed by atoms with Gasteiger partial charge in [0.1, 0.15) is 5.75 Å². The summed E-state index contributed by atoms with van der Waals surface area (Å²) in [5.74, 6) is 0.559. The molecule has 0 spiro atoms. The Morgan fingerprint density at radius 1 is 1.15 bits per heavy atom. The summed E-state index contributed by atoms with van der Waals surface area (Å²) in [6.45, 7) is 2.71. The highest BCUT2D eigenvalue weighted by Crippen LogP contribution is 2.25. The smallest absolute Gasteiger partial charge is 0.250 e. The van der Waals surface area contributed by atoms with Crippen molar-refractivity contribution in [3.05, 3.63) is 71.6 Å². The van der Waals surface area contributed by atoms with Crippen molar-refractivity contribution in [3.63, 3.8) is 0 Å². The molecule has 0 aliphatic heterocycles. The van der Waals surface area contributed by atoms with Gasteiger partial charge in [-0.2, -0.15) is 0 Å². The van der Waals surface area contributed by atoms with E-state index in [2.05, 4.69) is 17.2 Å². The molecule has 5 heteroatoms. The van der Waals surface area contributed by atoms with E-state index in [1.54, 1.807) is 6.08 Å². The standard InChI is InChI=1S/C21H20N2O2S/c1-2-14-25-19-11-7-6-10-17(19)12-13-20(24)23-21-22-18(15-26-21)16-8-4-3-5-9-16/h3-13,15H,2,14H2,1H3,(H,22,23,24). The summed E-state index contributed by atoms with van der Waals surface area (Å²) in [5, 5.41) is 5.32. The van der Waals surface area contributed by atoms with Gasteiger partial charge in [0.25, 0.3) is 0 Å². The van der Waals surface area contributed by atoms with Gasteiger partial charge in [0.2, 0.25) is 5.91 Å². The van der Waals surface area contributed by atoms with Crippen LogP contribution in [0, 0.1) is 0 Å². The Kier molecular flexibility index (Phi) is 6.17. The fourth-order valence-electron chi connectivity index (χ4n) is 2.35. The number of nitrogens with one attached hydrogen (secondary N) is 1. The molecule has 1 heterocycles. The van der Waals surface area contributed by atoms with Gasteiger partial charge in [0.05, 0.1) is 12.3 Å². The van der Waals surface area contributed by atoms with E-state index >= 15 is 0 Å². The van der Waals surface area contributed by atoms with Crippen LogP contribution in [0.15, 0.2) is 66.1 Å². The molecular formula is C21H20N2O2S. The summed E-state index contributed by atoms with van der Waals surface area (Å²) in [4.78, 5) is 16.6. The van der Waals surface area contributed by atoms with Crippen LogP contribution in [0.5, 0.6) is 5.75 Å². The zero-order chi connectivity index (χ0) is 18.2. The summed E-state index contributed by atoms with van der Waals surface area (Å²) in [6, 6.07) is 17.5. The Labute approximate surface area is 157 Å². The lowest BCUT2D eigenvalue weighted by Crippen LogP contribution is -2.07. The van der Waals surface area contributed by atoms with Crippen molar-refractivity contribution in [1.29, 1.82) is 0 Å². The van der Waals surface area contributed by atoms with Gasteiger partial charge >= 0.3 is 0 Å². The molecule has 1 aromatic heterocycles. The van der Waals surface area contributed by atoms with Crippen LogP contribution < -0.4 is 10.1 Å². The van der Waals surface area contributed by atoms with E-state index in [0.717, 1.165) is 29.0 Å². The largest absolute Gasteiger partial charge is 0.493 e. The molecule has 0 saturated heterocycles. The van der Waals surface area contributed by atoms with Gasteiger partial charge in [0, 0.05) is 22.6 Å². The molecule has 0 saturated carbocycles. The van der Waals surface area contributed by atoms with Gasteiger partial charge in [0.15, 0.2) is 5.13 Å². The predicted molar refractivity (Wildman–Crippen MR) is 107 cm³/mol. The number of nitrogens with zero attached hydrogens (tertiary/aromatic N) is 1. The number of ether oxygens (including phenoxy) is 1. The van der Waals surface area contributed by atoms with Crippen LogP contribution in [0.2, 0.25) is 0 Å². The van der Waals surface area contributed by atoms with Crippen LogP contribution in [-0.4, -0.2) is 17.5 Å². The lowest BCUT2D eigenvalue weighted by molar-refractivity contribution is -0.111. The van der Waals surface area contributed by atoms with Crippen molar-refractivity contribution in [2.45, 2.75) is 13.3 Å². The molecule has 132 valence electrons. The molecule has 0 aliphatic rings. The van der Waals surface area contributed by atoms with E-state index in [0.29, 0.717) is 11.7 Å². The van der Waals surface area contributed by atoms with E-state index < -0.39 is 0 Å². The van der Waals surface area contributed by atoms with Crippen molar-refractivity contribution in [1.82, 2.24) is 4.98 Å². The van der Waals surface area contributed by atoms with E-state index in [-0.39, 0.29) is 5.91 Å². The third kappa shape index (κ3) is 4.80. The van der Waals surface area contributed by atoms with Crippen LogP contribution in [-0.2, 0) is 4.79 Å². The zero-order valence-electron chi connectivity index (χ0n) is 14.5. The molecule has 4 nitrogen and oxygen atoms in total. The van der Waals surface area contributed by atoms with E-state index in [9.17, 15) is 4.79 Å². The van der Waals surface area contributed by atoms with Gasteiger partial charge in [-0.1, -0.05) is 55.5 Å². The van der Waals surface area contributed by atoms with Crippen LogP contribution in [0.1, 0.15) is 18.9 Å². The second-order valence-electron chi connectivity index (χ2n) is 5.61. The average molecular weight is 364 g/mol. The molecule has 0 radical (unpaired) electrons. The first-order valence-corrected chi connectivity index (χ1v) is 9.36. The fourth-order valence-corrected chi connectivity index (χ4v) is 3.07. The number of anilines is 1. The fraction of sp³-hybridized carbons (Fsp3) is 0.143. The van der Waals surface area contributed by atoms with Gasteiger partial charge in [-0.05, 0) is 18.6 Å². The Morgan fingerprint density at radius 2 is 1.92 bits per heavy atom. The first-order valence-electron chi connectivity index (χ1n) is 8.48. The highest BCUT2D eigenvalue weighted by atomic mass is 32.1.